The maximum absolute atomic E-state index is 11.3. The molecule has 1 aromatic rings. The normalized spacial score (nSPS) is 23.5. The molecular formula is C9H15N3O2S. The van der Waals surface area contributed by atoms with Gasteiger partial charge >= 0.3 is 0 Å². The van der Waals surface area contributed by atoms with Crippen LogP contribution in [0.2, 0.25) is 0 Å². The quantitative estimate of drug-likeness (QED) is 0.801. The van der Waals surface area contributed by atoms with Crippen LogP contribution < -0.4 is 0 Å². The van der Waals surface area contributed by atoms with E-state index in [2.05, 4.69) is 9.97 Å². The van der Waals surface area contributed by atoms with Gasteiger partial charge in [0.15, 0.2) is 0 Å². The molecule has 1 aromatic heterocycles. The molecule has 1 aliphatic heterocycles. The summed E-state index contributed by atoms with van der Waals surface area (Å²) in [5, 5.41) is 0. The molecule has 0 unspecified atom stereocenters. The maximum atomic E-state index is 11.3. The lowest BCUT2D eigenvalue weighted by Crippen LogP contribution is -2.27. The summed E-state index contributed by atoms with van der Waals surface area (Å²) in [4.78, 5) is 7.39. The Kier molecular flexibility index (Phi) is 2.56. The lowest BCUT2D eigenvalue weighted by molar-refractivity contribution is 0.477. The topological polar surface area (TPSA) is 66.1 Å². The average molecular weight is 229 g/mol. The monoisotopic (exact) mass is 229 g/mol. The van der Waals surface area contributed by atoms with Crippen LogP contribution in [-0.4, -0.2) is 42.0 Å². The zero-order valence-electron chi connectivity index (χ0n) is 8.90. The van der Waals surface area contributed by atoms with Gasteiger partial charge in [-0.05, 0) is 13.3 Å². The van der Waals surface area contributed by atoms with E-state index in [1.54, 1.807) is 6.20 Å². The van der Waals surface area contributed by atoms with Crippen LogP contribution in [0.3, 0.4) is 0 Å². The fraction of sp³-hybridized carbons (Fsp3) is 0.667. The molecule has 2 rings (SSSR count). The summed E-state index contributed by atoms with van der Waals surface area (Å²) in [6.07, 6.45) is 3.88. The van der Waals surface area contributed by atoms with Gasteiger partial charge < -0.3 is 4.98 Å². The number of nitrogens with one attached hydrogen (secondary N) is 1. The number of hydrogen-bond donors (Lipinski definition) is 1. The summed E-state index contributed by atoms with van der Waals surface area (Å²) in [5.41, 5.74) is 1.02. The molecule has 1 aliphatic rings. The number of aromatic amines is 1. The Morgan fingerprint density at radius 1 is 1.60 bits per heavy atom. The van der Waals surface area contributed by atoms with Crippen LogP contribution in [0.15, 0.2) is 6.20 Å². The zero-order chi connectivity index (χ0) is 11.1. The zero-order valence-corrected chi connectivity index (χ0v) is 9.71. The molecule has 0 aliphatic carbocycles. The van der Waals surface area contributed by atoms with Crippen molar-refractivity contribution in [2.45, 2.75) is 19.3 Å². The van der Waals surface area contributed by atoms with E-state index < -0.39 is 10.0 Å². The molecule has 1 fully saturated rings. The van der Waals surface area contributed by atoms with Crippen molar-refractivity contribution >= 4 is 10.0 Å². The molecule has 15 heavy (non-hydrogen) atoms. The van der Waals surface area contributed by atoms with E-state index in [1.165, 1.54) is 10.6 Å². The van der Waals surface area contributed by atoms with Crippen LogP contribution >= 0.6 is 0 Å². The molecule has 1 saturated heterocycles. The molecule has 0 saturated carbocycles. The lowest BCUT2D eigenvalue weighted by Gasteiger charge is -2.11. The number of imidazole rings is 1. The molecule has 2 heterocycles. The van der Waals surface area contributed by atoms with Gasteiger partial charge in [-0.15, -0.1) is 0 Å². The minimum Gasteiger partial charge on any atom is -0.346 e. The van der Waals surface area contributed by atoms with Crippen LogP contribution in [0.5, 0.6) is 0 Å². The summed E-state index contributed by atoms with van der Waals surface area (Å²) in [5.74, 6) is 1.12. The molecule has 0 amide bonds. The van der Waals surface area contributed by atoms with Crippen molar-refractivity contribution in [1.29, 1.82) is 0 Å². The highest BCUT2D eigenvalue weighted by Crippen LogP contribution is 2.26. The Morgan fingerprint density at radius 2 is 2.33 bits per heavy atom. The summed E-state index contributed by atoms with van der Waals surface area (Å²) in [6, 6.07) is 0. The van der Waals surface area contributed by atoms with E-state index in [-0.39, 0.29) is 5.92 Å². The molecule has 84 valence electrons. The third-order valence-electron chi connectivity index (χ3n) is 2.73. The van der Waals surface area contributed by atoms with Gasteiger partial charge in [0, 0.05) is 30.9 Å². The summed E-state index contributed by atoms with van der Waals surface area (Å²) in [6.45, 7) is 3.09. The van der Waals surface area contributed by atoms with Crippen molar-refractivity contribution in [3.8, 4) is 0 Å². The van der Waals surface area contributed by atoms with Crippen LogP contribution in [0.1, 0.15) is 23.9 Å². The van der Waals surface area contributed by atoms with Crippen molar-refractivity contribution < 1.29 is 8.42 Å². The Morgan fingerprint density at radius 3 is 2.80 bits per heavy atom. The number of nitrogens with zero attached hydrogens (tertiary/aromatic N) is 2. The smallest absolute Gasteiger partial charge is 0.211 e. The number of aryl methyl sites for hydroxylation is 1. The summed E-state index contributed by atoms with van der Waals surface area (Å²) < 4.78 is 24.1. The van der Waals surface area contributed by atoms with Crippen molar-refractivity contribution in [2.75, 3.05) is 19.3 Å². The van der Waals surface area contributed by atoms with Crippen LogP contribution in [0.4, 0.5) is 0 Å². The first-order chi connectivity index (χ1) is 6.97. The molecule has 0 radical (unpaired) electrons. The van der Waals surface area contributed by atoms with Crippen LogP contribution in [-0.2, 0) is 10.0 Å². The minimum absolute atomic E-state index is 0.216. The van der Waals surface area contributed by atoms with E-state index >= 15 is 0 Å². The van der Waals surface area contributed by atoms with Gasteiger partial charge in [-0.2, -0.15) is 0 Å². The van der Waals surface area contributed by atoms with Crippen LogP contribution in [0.25, 0.3) is 0 Å². The Hall–Kier alpha value is -0.880. The highest BCUT2D eigenvalue weighted by molar-refractivity contribution is 7.88. The third kappa shape index (κ3) is 2.21. The Bertz CT molecular complexity index is 452. The number of aromatic nitrogens is 2. The highest BCUT2D eigenvalue weighted by atomic mass is 32.2. The van der Waals surface area contributed by atoms with Crippen molar-refractivity contribution in [2.24, 2.45) is 0 Å². The van der Waals surface area contributed by atoms with E-state index in [9.17, 15) is 8.42 Å². The van der Waals surface area contributed by atoms with E-state index in [0.29, 0.717) is 13.1 Å². The van der Waals surface area contributed by atoms with Crippen molar-refractivity contribution in [3.63, 3.8) is 0 Å². The van der Waals surface area contributed by atoms with E-state index in [1.807, 2.05) is 6.92 Å². The van der Waals surface area contributed by atoms with Gasteiger partial charge in [0.1, 0.15) is 5.82 Å². The lowest BCUT2D eigenvalue weighted by atomic mass is 10.1. The molecule has 5 nitrogen and oxygen atoms in total. The minimum atomic E-state index is -3.04. The van der Waals surface area contributed by atoms with Gasteiger partial charge in [-0.25, -0.2) is 17.7 Å². The molecular weight excluding hydrogens is 214 g/mol. The van der Waals surface area contributed by atoms with Gasteiger partial charge in [0.05, 0.1) is 6.26 Å². The Labute approximate surface area is 89.6 Å². The largest absolute Gasteiger partial charge is 0.346 e. The fourth-order valence-electron chi connectivity index (χ4n) is 1.89. The second-order valence-electron chi connectivity index (χ2n) is 4.06. The number of hydrogen-bond acceptors (Lipinski definition) is 3. The molecule has 6 heteroatoms. The first kappa shape index (κ1) is 10.6. The molecule has 1 atom stereocenters. The molecule has 0 bridgehead atoms. The first-order valence-electron chi connectivity index (χ1n) is 4.93. The maximum Gasteiger partial charge on any atom is 0.211 e. The molecule has 1 N–H and O–H groups in total. The third-order valence-corrected chi connectivity index (χ3v) is 4.00. The second-order valence-corrected chi connectivity index (χ2v) is 6.04. The number of sulfonamides is 1. The highest BCUT2D eigenvalue weighted by Gasteiger charge is 2.30. The van der Waals surface area contributed by atoms with Gasteiger partial charge in [0.25, 0.3) is 0 Å². The number of rotatable bonds is 2. The van der Waals surface area contributed by atoms with Crippen molar-refractivity contribution in [3.05, 3.63) is 17.7 Å². The Balaban J connectivity index is 2.11. The molecule has 0 aromatic carbocycles. The predicted molar refractivity (Wildman–Crippen MR) is 57.1 cm³/mol. The average Bonchev–Trinajstić information content (AvgIpc) is 2.69. The summed E-state index contributed by atoms with van der Waals surface area (Å²) >= 11 is 0. The van der Waals surface area contributed by atoms with E-state index in [4.69, 9.17) is 0 Å². The SMILES string of the molecule is Cc1cnc([C@@H]2CCN(S(C)(=O)=O)C2)[nH]1. The fourth-order valence-corrected chi connectivity index (χ4v) is 2.78. The van der Waals surface area contributed by atoms with Gasteiger partial charge in [-0.3, -0.25) is 0 Å². The first-order valence-corrected chi connectivity index (χ1v) is 6.78. The van der Waals surface area contributed by atoms with Crippen LogP contribution in [0, 0.1) is 6.92 Å². The second kappa shape index (κ2) is 3.61. The van der Waals surface area contributed by atoms with Gasteiger partial charge in [-0.1, -0.05) is 0 Å². The van der Waals surface area contributed by atoms with Crippen molar-refractivity contribution in [1.82, 2.24) is 14.3 Å². The standard InChI is InChI=1S/C9H15N3O2S/c1-7-5-10-9(11-7)8-3-4-12(6-8)15(2,13)14/h5,8H,3-4,6H2,1-2H3,(H,10,11)/t8-/m1/s1. The van der Waals surface area contributed by atoms with E-state index in [0.717, 1.165) is 17.9 Å². The number of H-pyrrole nitrogens is 1. The van der Waals surface area contributed by atoms with Gasteiger partial charge in [0.2, 0.25) is 10.0 Å². The molecule has 0 spiro atoms. The summed E-state index contributed by atoms with van der Waals surface area (Å²) in [7, 11) is -3.04. The predicted octanol–water partition coefficient (Wildman–Crippen LogP) is 0.467.